The summed E-state index contributed by atoms with van der Waals surface area (Å²) < 4.78 is 1.23. The lowest BCUT2D eigenvalue weighted by molar-refractivity contribution is -0.119. The van der Waals surface area contributed by atoms with E-state index in [1.54, 1.807) is 13.0 Å². The van der Waals surface area contributed by atoms with Crippen molar-refractivity contribution in [3.8, 4) is 11.3 Å². The lowest BCUT2D eigenvalue weighted by Crippen LogP contribution is -2.33. The number of aromatic nitrogens is 2. The summed E-state index contributed by atoms with van der Waals surface area (Å²) in [6.07, 6.45) is 0.888. The molecule has 0 aliphatic carbocycles. The van der Waals surface area contributed by atoms with E-state index in [1.165, 1.54) is 10.7 Å². The minimum Gasteiger partial charge on any atom is -0.324 e. The van der Waals surface area contributed by atoms with Crippen molar-refractivity contribution in [1.82, 2.24) is 9.78 Å². The zero-order chi connectivity index (χ0) is 19.4. The third kappa shape index (κ3) is 4.31. The first-order chi connectivity index (χ1) is 13.0. The first kappa shape index (κ1) is 18.6. The van der Waals surface area contributed by atoms with Crippen LogP contribution in [0.25, 0.3) is 11.3 Å². The number of aryl methyl sites for hydroxylation is 2. The van der Waals surface area contributed by atoms with Gasteiger partial charge in [-0.2, -0.15) is 5.10 Å². The average molecular weight is 361 g/mol. The molecule has 1 heterocycles. The summed E-state index contributed by atoms with van der Waals surface area (Å²) in [7, 11) is 0. The molecule has 5 heteroatoms. The number of anilines is 1. The van der Waals surface area contributed by atoms with Crippen molar-refractivity contribution < 1.29 is 4.79 Å². The predicted octanol–water partition coefficient (Wildman–Crippen LogP) is 3.98. The smallest absolute Gasteiger partial charge is 0.267 e. The molecule has 0 fully saturated rings. The van der Waals surface area contributed by atoms with Gasteiger partial charge in [-0.05, 0) is 44.0 Å². The Bertz CT molecular complexity index is 1010. The van der Waals surface area contributed by atoms with Crippen molar-refractivity contribution in [3.63, 3.8) is 0 Å². The van der Waals surface area contributed by atoms with Crippen LogP contribution in [0, 0.1) is 6.92 Å². The van der Waals surface area contributed by atoms with Crippen LogP contribution in [0.15, 0.2) is 65.5 Å². The van der Waals surface area contributed by atoms with E-state index in [-0.39, 0.29) is 11.5 Å². The van der Waals surface area contributed by atoms with Crippen LogP contribution in [0.3, 0.4) is 0 Å². The number of benzene rings is 2. The SMILES string of the molecule is CCc1cccc(NC(=O)[C@H](C)n2nc(-c3ccc(C)cc3)ccc2=O)c1. The van der Waals surface area contributed by atoms with Crippen molar-refractivity contribution in [2.24, 2.45) is 0 Å². The zero-order valence-corrected chi connectivity index (χ0v) is 15.8. The quantitative estimate of drug-likeness (QED) is 0.747. The zero-order valence-electron chi connectivity index (χ0n) is 15.8. The number of rotatable bonds is 5. The Hall–Kier alpha value is -3.21. The first-order valence-electron chi connectivity index (χ1n) is 9.04. The fraction of sp³-hybridized carbons (Fsp3) is 0.227. The summed E-state index contributed by atoms with van der Waals surface area (Å²) in [5.41, 5.74) is 4.25. The van der Waals surface area contributed by atoms with E-state index in [0.717, 1.165) is 23.1 Å². The molecule has 3 rings (SSSR count). The van der Waals surface area contributed by atoms with Crippen LogP contribution in [0.2, 0.25) is 0 Å². The number of hydrogen-bond donors (Lipinski definition) is 1. The maximum atomic E-state index is 12.6. The van der Waals surface area contributed by atoms with E-state index >= 15 is 0 Å². The monoisotopic (exact) mass is 361 g/mol. The molecule has 27 heavy (non-hydrogen) atoms. The van der Waals surface area contributed by atoms with Gasteiger partial charge < -0.3 is 5.32 Å². The van der Waals surface area contributed by atoms with Gasteiger partial charge in [-0.15, -0.1) is 0 Å². The van der Waals surface area contributed by atoms with Crippen LogP contribution in [0.4, 0.5) is 5.69 Å². The minimum atomic E-state index is -0.729. The number of carbonyl (C=O) groups is 1. The van der Waals surface area contributed by atoms with Crippen LogP contribution < -0.4 is 10.9 Å². The van der Waals surface area contributed by atoms with Gasteiger partial charge in [0.2, 0.25) is 5.91 Å². The number of nitrogens with one attached hydrogen (secondary N) is 1. The summed E-state index contributed by atoms with van der Waals surface area (Å²) >= 11 is 0. The van der Waals surface area contributed by atoms with Gasteiger partial charge >= 0.3 is 0 Å². The molecule has 5 nitrogen and oxygen atoms in total. The Kier molecular flexibility index (Phi) is 5.50. The summed E-state index contributed by atoms with van der Waals surface area (Å²) in [4.78, 5) is 24.9. The Labute approximate surface area is 158 Å². The Morgan fingerprint density at radius 1 is 1.11 bits per heavy atom. The minimum absolute atomic E-state index is 0.279. The topological polar surface area (TPSA) is 64.0 Å². The Morgan fingerprint density at radius 3 is 2.56 bits per heavy atom. The van der Waals surface area contributed by atoms with Crippen LogP contribution in [0.1, 0.15) is 31.0 Å². The normalized spacial score (nSPS) is 11.8. The maximum absolute atomic E-state index is 12.6. The van der Waals surface area contributed by atoms with Crippen molar-refractivity contribution >= 4 is 11.6 Å². The molecule has 1 aromatic heterocycles. The lowest BCUT2D eigenvalue weighted by Gasteiger charge is -2.15. The first-order valence-corrected chi connectivity index (χ1v) is 9.04. The highest BCUT2D eigenvalue weighted by Crippen LogP contribution is 2.18. The fourth-order valence-electron chi connectivity index (χ4n) is 2.81. The molecule has 1 amide bonds. The van der Waals surface area contributed by atoms with Gasteiger partial charge in [0.1, 0.15) is 6.04 Å². The van der Waals surface area contributed by atoms with Gasteiger partial charge in [0.05, 0.1) is 5.69 Å². The molecule has 0 aliphatic rings. The summed E-state index contributed by atoms with van der Waals surface area (Å²) in [6, 6.07) is 18.0. The third-order valence-corrected chi connectivity index (χ3v) is 4.52. The second-order valence-electron chi connectivity index (χ2n) is 6.59. The fourth-order valence-corrected chi connectivity index (χ4v) is 2.81. The summed E-state index contributed by atoms with van der Waals surface area (Å²) in [6.45, 7) is 5.74. The van der Waals surface area contributed by atoms with Crippen LogP contribution in [-0.4, -0.2) is 15.7 Å². The molecule has 1 N–H and O–H groups in total. The number of carbonyl (C=O) groups excluding carboxylic acids is 1. The third-order valence-electron chi connectivity index (χ3n) is 4.52. The summed E-state index contributed by atoms with van der Waals surface area (Å²) in [5.74, 6) is -0.279. The molecule has 0 saturated heterocycles. The largest absolute Gasteiger partial charge is 0.324 e. The second kappa shape index (κ2) is 7.99. The highest BCUT2D eigenvalue weighted by molar-refractivity contribution is 5.93. The maximum Gasteiger partial charge on any atom is 0.267 e. The van der Waals surface area contributed by atoms with Gasteiger partial charge in [0, 0.05) is 17.3 Å². The number of amides is 1. The average Bonchev–Trinajstić information content (AvgIpc) is 2.68. The van der Waals surface area contributed by atoms with Gasteiger partial charge in [-0.3, -0.25) is 9.59 Å². The van der Waals surface area contributed by atoms with Crippen molar-refractivity contribution in [1.29, 1.82) is 0 Å². The Balaban J connectivity index is 1.85. The van der Waals surface area contributed by atoms with Crippen LogP contribution in [0.5, 0.6) is 0 Å². The molecule has 0 bridgehead atoms. The van der Waals surface area contributed by atoms with Crippen LogP contribution >= 0.6 is 0 Å². The van der Waals surface area contributed by atoms with E-state index in [9.17, 15) is 9.59 Å². The highest BCUT2D eigenvalue weighted by Gasteiger charge is 2.18. The van der Waals surface area contributed by atoms with E-state index in [1.807, 2.05) is 55.5 Å². The van der Waals surface area contributed by atoms with E-state index < -0.39 is 6.04 Å². The molecule has 138 valence electrons. The molecule has 0 aliphatic heterocycles. The van der Waals surface area contributed by atoms with Gasteiger partial charge in [-0.1, -0.05) is 48.9 Å². The van der Waals surface area contributed by atoms with Gasteiger partial charge in [0.15, 0.2) is 0 Å². The van der Waals surface area contributed by atoms with Crippen molar-refractivity contribution in [2.45, 2.75) is 33.2 Å². The van der Waals surface area contributed by atoms with Gasteiger partial charge in [0.25, 0.3) is 5.56 Å². The lowest BCUT2D eigenvalue weighted by atomic mass is 10.1. The van der Waals surface area contributed by atoms with Crippen molar-refractivity contribution in [3.05, 3.63) is 82.1 Å². The molecule has 0 radical (unpaired) electrons. The molecular weight excluding hydrogens is 338 g/mol. The van der Waals surface area contributed by atoms with E-state index in [2.05, 4.69) is 17.3 Å². The molecule has 1 atom stereocenters. The standard InChI is InChI=1S/C22H23N3O2/c1-4-17-6-5-7-19(14-17)23-22(27)16(3)25-21(26)13-12-20(24-25)18-10-8-15(2)9-11-18/h5-14,16H,4H2,1-3H3,(H,23,27)/t16-/m0/s1. The molecule has 2 aromatic carbocycles. The Morgan fingerprint density at radius 2 is 1.85 bits per heavy atom. The number of nitrogens with zero attached hydrogens (tertiary/aromatic N) is 2. The summed E-state index contributed by atoms with van der Waals surface area (Å²) in [5, 5.41) is 7.28. The van der Waals surface area contributed by atoms with E-state index in [4.69, 9.17) is 0 Å². The molecule has 0 saturated carbocycles. The highest BCUT2D eigenvalue weighted by atomic mass is 16.2. The predicted molar refractivity (Wildman–Crippen MR) is 108 cm³/mol. The molecular formula is C22H23N3O2. The van der Waals surface area contributed by atoms with E-state index in [0.29, 0.717) is 11.4 Å². The van der Waals surface area contributed by atoms with Gasteiger partial charge in [-0.25, -0.2) is 4.68 Å². The number of hydrogen-bond acceptors (Lipinski definition) is 3. The van der Waals surface area contributed by atoms with Crippen LogP contribution in [-0.2, 0) is 11.2 Å². The molecule has 0 unspecified atom stereocenters. The second-order valence-corrected chi connectivity index (χ2v) is 6.59. The van der Waals surface area contributed by atoms with Crippen molar-refractivity contribution in [2.75, 3.05) is 5.32 Å². The molecule has 3 aromatic rings. The molecule has 0 spiro atoms.